The molecular formula is C11H15NO5. The van der Waals surface area contributed by atoms with Crippen LogP contribution in [0.15, 0.2) is 24.3 Å². The molecule has 0 atom stereocenters. The van der Waals surface area contributed by atoms with E-state index in [1.165, 1.54) is 12.1 Å². The van der Waals surface area contributed by atoms with Crippen molar-refractivity contribution in [3.63, 3.8) is 0 Å². The van der Waals surface area contributed by atoms with Crippen molar-refractivity contribution in [1.82, 2.24) is 0 Å². The maximum atomic E-state index is 10.4. The number of methoxy groups -OCH3 is 1. The van der Waals surface area contributed by atoms with Gasteiger partial charge in [-0.2, -0.15) is 0 Å². The van der Waals surface area contributed by atoms with E-state index >= 15 is 0 Å². The molecule has 6 nitrogen and oxygen atoms in total. The Morgan fingerprint density at radius 3 is 2.47 bits per heavy atom. The van der Waals surface area contributed by atoms with Crippen LogP contribution in [0, 0.1) is 10.1 Å². The largest absolute Gasteiger partial charge is 0.382 e. The summed E-state index contributed by atoms with van der Waals surface area (Å²) in [7, 11) is 1.60. The zero-order chi connectivity index (χ0) is 12.5. The van der Waals surface area contributed by atoms with Crippen LogP contribution in [-0.4, -0.2) is 32.0 Å². The van der Waals surface area contributed by atoms with Crippen LogP contribution in [-0.2, 0) is 20.8 Å². The summed E-state index contributed by atoms with van der Waals surface area (Å²) in [6, 6.07) is 6.22. The fourth-order valence-corrected chi connectivity index (χ4v) is 1.13. The van der Waals surface area contributed by atoms with Gasteiger partial charge in [-0.15, -0.1) is 0 Å². The Labute approximate surface area is 99.2 Å². The van der Waals surface area contributed by atoms with Crippen molar-refractivity contribution in [1.29, 1.82) is 0 Å². The molecule has 0 saturated heterocycles. The molecule has 0 heterocycles. The topological polar surface area (TPSA) is 70.8 Å². The van der Waals surface area contributed by atoms with E-state index in [9.17, 15) is 10.1 Å². The van der Waals surface area contributed by atoms with Crippen molar-refractivity contribution in [2.24, 2.45) is 0 Å². The first-order chi connectivity index (χ1) is 8.24. The molecule has 1 aromatic carbocycles. The van der Waals surface area contributed by atoms with E-state index < -0.39 is 4.92 Å². The normalized spacial score (nSPS) is 10.4. The van der Waals surface area contributed by atoms with Gasteiger partial charge in [0.2, 0.25) is 0 Å². The first-order valence-electron chi connectivity index (χ1n) is 5.12. The standard InChI is InChI=1S/C11H15NO5/c1-15-6-7-16-9-17-8-10-2-4-11(5-3-10)12(13)14/h2-5H,6-9H2,1H3. The van der Waals surface area contributed by atoms with Gasteiger partial charge in [-0.25, -0.2) is 0 Å². The van der Waals surface area contributed by atoms with Gasteiger partial charge in [0, 0.05) is 19.2 Å². The Morgan fingerprint density at radius 1 is 1.18 bits per heavy atom. The first-order valence-corrected chi connectivity index (χ1v) is 5.12. The molecule has 0 fully saturated rings. The SMILES string of the molecule is COCCOCOCc1ccc([N+](=O)[O-])cc1. The van der Waals surface area contributed by atoms with E-state index in [1.54, 1.807) is 19.2 Å². The molecule has 0 spiro atoms. The third-order valence-electron chi connectivity index (χ3n) is 2.01. The predicted octanol–water partition coefficient (Wildman–Crippen LogP) is 1.73. The van der Waals surface area contributed by atoms with Gasteiger partial charge in [-0.3, -0.25) is 10.1 Å². The number of nitro groups is 1. The summed E-state index contributed by atoms with van der Waals surface area (Å²) in [6.45, 7) is 1.56. The fraction of sp³-hybridized carbons (Fsp3) is 0.455. The summed E-state index contributed by atoms with van der Waals surface area (Å²) >= 11 is 0. The van der Waals surface area contributed by atoms with Gasteiger partial charge in [0.25, 0.3) is 5.69 Å². The molecule has 1 aromatic rings. The lowest BCUT2D eigenvalue weighted by atomic mass is 10.2. The quantitative estimate of drug-likeness (QED) is 0.300. The molecule has 17 heavy (non-hydrogen) atoms. The van der Waals surface area contributed by atoms with E-state index in [0.717, 1.165) is 5.56 Å². The molecule has 0 aliphatic rings. The number of rotatable bonds is 8. The van der Waals surface area contributed by atoms with Crippen LogP contribution in [0.1, 0.15) is 5.56 Å². The minimum absolute atomic E-state index is 0.0742. The Balaban J connectivity index is 2.21. The van der Waals surface area contributed by atoms with Crippen LogP contribution in [0.5, 0.6) is 0 Å². The van der Waals surface area contributed by atoms with E-state index in [0.29, 0.717) is 19.8 Å². The van der Waals surface area contributed by atoms with Gasteiger partial charge in [0.05, 0.1) is 24.7 Å². The molecule has 1 rings (SSSR count). The van der Waals surface area contributed by atoms with Crippen molar-refractivity contribution >= 4 is 5.69 Å². The lowest BCUT2D eigenvalue weighted by Crippen LogP contribution is -2.05. The minimum atomic E-state index is -0.432. The van der Waals surface area contributed by atoms with E-state index in [1.807, 2.05) is 0 Å². The van der Waals surface area contributed by atoms with Crippen LogP contribution < -0.4 is 0 Å². The highest BCUT2D eigenvalue weighted by atomic mass is 16.7. The number of ether oxygens (including phenoxy) is 3. The summed E-state index contributed by atoms with van der Waals surface area (Å²) in [5.74, 6) is 0. The molecule has 0 aliphatic carbocycles. The van der Waals surface area contributed by atoms with E-state index in [4.69, 9.17) is 14.2 Å². The minimum Gasteiger partial charge on any atom is -0.382 e. The highest BCUT2D eigenvalue weighted by Gasteiger charge is 2.03. The second-order valence-corrected chi connectivity index (χ2v) is 3.29. The first kappa shape index (κ1) is 13.6. The van der Waals surface area contributed by atoms with Crippen molar-refractivity contribution in [3.05, 3.63) is 39.9 Å². The zero-order valence-corrected chi connectivity index (χ0v) is 9.63. The summed E-state index contributed by atoms with van der Waals surface area (Å²) in [6.07, 6.45) is 0. The smallest absolute Gasteiger partial charge is 0.269 e. The molecule has 6 heteroatoms. The van der Waals surface area contributed by atoms with E-state index in [2.05, 4.69) is 0 Å². The van der Waals surface area contributed by atoms with Crippen LogP contribution in [0.4, 0.5) is 5.69 Å². The Hall–Kier alpha value is -1.50. The maximum absolute atomic E-state index is 10.4. The van der Waals surface area contributed by atoms with Crippen LogP contribution in [0.3, 0.4) is 0 Å². The number of nitro benzene ring substituents is 1. The average Bonchev–Trinajstić information content (AvgIpc) is 2.34. The summed E-state index contributed by atoms with van der Waals surface area (Å²) in [5, 5.41) is 10.4. The molecule has 94 valence electrons. The number of nitrogens with zero attached hydrogens (tertiary/aromatic N) is 1. The van der Waals surface area contributed by atoms with Gasteiger partial charge in [-0.05, 0) is 17.7 Å². The van der Waals surface area contributed by atoms with Crippen LogP contribution >= 0.6 is 0 Å². The average molecular weight is 241 g/mol. The number of hydrogen-bond acceptors (Lipinski definition) is 5. The van der Waals surface area contributed by atoms with Crippen LogP contribution in [0.25, 0.3) is 0 Å². The number of benzene rings is 1. The summed E-state index contributed by atoms with van der Waals surface area (Å²) < 4.78 is 15.1. The summed E-state index contributed by atoms with van der Waals surface area (Å²) in [4.78, 5) is 9.98. The molecule has 0 amide bonds. The molecule has 0 aliphatic heterocycles. The Bertz CT molecular complexity index is 338. The van der Waals surface area contributed by atoms with Gasteiger partial charge in [-0.1, -0.05) is 0 Å². The van der Waals surface area contributed by atoms with E-state index in [-0.39, 0.29) is 12.5 Å². The van der Waals surface area contributed by atoms with Gasteiger partial charge >= 0.3 is 0 Å². The second kappa shape index (κ2) is 7.72. The molecule has 0 unspecified atom stereocenters. The maximum Gasteiger partial charge on any atom is 0.269 e. The van der Waals surface area contributed by atoms with Gasteiger partial charge < -0.3 is 14.2 Å². The third-order valence-corrected chi connectivity index (χ3v) is 2.01. The van der Waals surface area contributed by atoms with Crippen molar-refractivity contribution in [2.75, 3.05) is 27.1 Å². The molecule has 0 radical (unpaired) electrons. The Kier molecular flexibility index (Phi) is 6.16. The highest BCUT2D eigenvalue weighted by Crippen LogP contribution is 2.12. The number of hydrogen-bond donors (Lipinski definition) is 0. The van der Waals surface area contributed by atoms with Gasteiger partial charge in [0.1, 0.15) is 6.79 Å². The monoisotopic (exact) mass is 241 g/mol. The van der Waals surface area contributed by atoms with Gasteiger partial charge in [0.15, 0.2) is 0 Å². The van der Waals surface area contributed by atoms with Crippen molar-refractivity contribution in [3.8, 4) is 0 Å². The molecule has 0 N–H and O–H groups in total. The molecular weight excluding hydrogens is 226 g/mol. The Morgan fingerprint density at radius 2 is 1.88 bits per heavy atom. The lowest BCUT2D eigenvalue weighted by Gasteiger charge is -2.05. The summed E-state index contributed by atoms with van der Waals surface area (Å²) in [5.41, 5.74) is 0.941. The van der Waals surface area contributed by atoms with Crippen molar-refractivity contribution in [2.45, 2.75) is 6.61 Å². The molecule has 0 bridgehead atoms. The highest BCUT2D eigenvalue weighted by molar-refractivity contribution is 5.32. The zero-order valence-electron chi connectivity index (χ0n) is 9.63. The van der Waals surface area contributed by atoms with Crippen molar-refractivity contribution < 1.29 is 19.1 Å². The second-order valence-electron chi connectivity index (χ2n) is 3.29. The molecule has 0 aromatic heterocycles. The lowest BCUT2D eigenvalue weighted by molar-refractivity contribution is -0.384. The third kappa shape index (κ3) is 5.39. The fourth-order valence-electron chi connectivity index (χ4n) is 1.13. The predicted molar refractivity (Wildman–Crippen MR) is 60.6 cm³/mol. The molecule has 0 saturated carbocycles. The van der Waals surface area contributed by atoms with Crippen LogP contribution in [0.2, 0.25) is 0 Å². The number of non-ortho nitro benzene ring substituents is 1.